The fourth-order valence-electron chi connectivity index (χ4n) is 1.01. The maximum Gasteiger partial charge on any atom is 0.236 e. The van der Waals surface area contributed by atoms with Gasteiger partial charge in [-0.1, -0.05) is 22.9 Å². The molecule has 0 aromatic heterocycles. The summed E-state index contributed by atoms with van der Waals surface area (Å²) in [6, 6.07) is 0. The topological polar surface area (TPSA) is 58.2 Å². The van der Waals surface area contributed by atoms with Crippen LogP contribution in [0.15, 0.2) is 0 Å². The molecule has 0 radical (unpaired) electrons. The van der Waals surface area contributed by atoms with Crippen molar-refractivity contribution in [2.24, 2.45) is 0 Å². The van der Waals surface area contributed by atoms with E-state index in [0.29, 0.717) is 19.4 Å². The van der Waals surface area contributed by atoms with Gasteiger partial charge in [-0.3, -0.25) is 9.59 Å². The minimum absolute atomic E-state index is 0.0502. The fourth-order valence-corrected chi connectivity index (χ4v) is 1.15. The highest BCUT2D eigenvalue weighted by molar-refractivity contribution is 9.10. The molecule has 4 nitrogen and oxygen atoms in total. The van der Waals surface area contributed by atoms with Crippen LogP contribution in [0.5, 0.6) is 0 Å². The van der Waals surface area contributed by atoms with Crippen molar-refractivity contribution in [3.8, 4) is 0 Å². The van der Waals surface area contributed by atoms with Gasteiger partial charge in [0.25, 0.3) is 0 Å². The third-order valence-corrected chi connectivity index (χ3v) is 2.34. The molecule has 0 rings (SSSR count). The Morgan fingerprint density at radius 3 is 2.31 bits per heavy atom. The molecule has 0 atom stereocenters. The molecule has 0 bridgehead atoms. The molecule has 0 aliphatic carbocycles. The minimum atomic E-state index is -0.544. The molecule has 0 spiro atoms. The monoisotopic (exact) mass is 292 g/mol. The largest absolute Gasteiger partial charge is 0.356 e. The zero-order valence-corrected chi connectivity index (χ0v) is 11.8. The van der Waals surface area contributed by atoms with Crippen molar-refractivity contribution in [3.05, 3.63) is 0 Å². The van der Waals surface area contributed by atoms with Gasteiger partial charge >= 0.3 is 0 Å². The van der Waals surface area contributed by atoms with Crippen molar-refractivity contribution in [2.45, 2.75) is 44.4 Å². The van der Waals surface area contributed by atoms with E-state index in [1.807, 2.05) is 6.92 Å². The van der Waals surface area contributed by atoms with Crippen molar-refractivity contribution >= 4 is 27.7 Å². The summed E-state index contributed by atoms with van der Waals surface area (Å²) in [5.74, 6) is -0.00401. The quantitative estimate of drug-likeness (QED) is 0.553. The van der Waals surface area contributed by atoms with Gasteiger partial charge in [0.1, 0.15) is 0 Å². The first kappa shape index (κ1) is 15.4. The lowest BCUT2D eigenvalue weighted by atomic mass is 10.2. The van der Waals surface area contributed by atoms with Crippen LogP contribution in [0.3, 0.4) is 0 Å². The molecule has 16 heavy (non-hydrogen) atoms. The molecule has 5 heteroatoms. The van der Waals surface area contributed by atoms with E-state index in [1.165, 1.54) is 0 Å². The maximum absolute atomic E-state index is 11.4. The number of amides is 2. The molecule has 2 N–H and O–H groups in total. The number of carbonyl (C=O) groups excluding carboxylic acids is 2. The number of carbonyl (C=O) groups is 2. The molecule has 94 valence electrons. The number of hydrogen-bond acceptors (Lipinski definition) is 2. The Hall–Kier alpha value is -0.580. The summed E-state index contributed by atoms with van der Waals surface area (Å²) in [4.78, 5) is 22.6. The molecule has 0 fully saturated rings. The second-order valence-electron chi connectivity index (χ2n) is 4.18. The van der Waals surface area contributed by atoms with E-state index in [2.05, 4.69) is 26.6 Å². The van der Waals surface area contributed by atoms with Crippen molar-refractivity contribution < 1.29 is 9.59 Å². The summed E-state index contributed by atoms with van der Waals surface area (Å²) in [6.45, 7) is 6.85. The third-order valence-electron chi connectivity index (χ3n) is 1.98. The number of rotatable bonds is 7. The van der Waals surface area contributed by atoms with Crippen LogP contribution in [0, 0.1) is 0 Å². The first-order valence-electron chi connectivity index (χ1n) is 5.61. The average molecular weight is 293 g/mol. The van der Waals surface area contributed by atoms with Crippen LogP contribution >= 0.6 is 15.9 Å². The molecule has 0 aliphatic heterocycles. The molecule has 0 heterocycles. The first-order chi connectivity index (χ1) is 7.38. The number of alkyl halides is 1. The van der Waals surface area contributed by atoms with E-state index >= 15 is 0 Å². The Kier molecular flexibility index (Phi) is 7.38. The molecule has 0 aromatic rings. The zero-order chi connectivity index (χ0) is 12.6. The molecule has 0 unspecified atom stereocenters. The lowest BCUT2D eigenvalue weighted by molar-refractivity contribution is -0.123. The molecule has 0 saturated carbocycles. The highest BCUT2D eigenvalue weighted by atomic mass is 79.9. The fraction of sp³-hybridized carbons (Fsp3) is 0.818. The molecule has 2 amide bonds. The predicted molar refractivity (Wildman–Crippen MR) is 68.6 cm³/mol. The Balaban J connectivity index is 3.54. The van der Waals surface area contributed by atoms with Gasteiger partial charge in [0, 0.05) is 19.5 Å². The van der Waals surface area contributed by atoms with Gasteiger partial charge in [-0.2, -0.15) is 0 Å². The number of halogens is 1. The molecule has 0 aromatic carbocycles. The van der Waals surface area contributed by atoms with E-state index in [9.17, 15) is 9.59 Å². The zero-order valence-electron chi connectivity index (χ0n) is 10.2. The van der Waals surface area contributed by atoms with Gasteiger partial charge < -0.3 is 10.6 Å². The van der Waals surface area contributed by atoms with E-state index in [-0.39, 0.29) is 11.8 Å². The molecule has 0 aliphatic rings. The second kappa shape index (κ2) is 7.65. The van der Waals surface area contributed by atoms with Crippen LogP contribution in [0.4, 0.5) is 0 Å². The van der Waals surface area contributed by atoms with Gasteiger partial charge in [-0.15, -0.1) is 0 Å². The SMILES string of the molecule is CCCNC(=O)CCCNC(=O)C(C)(C)Br. The Morgan fingerprint density at radius 1 is 1.19 bits per heavy atom. The van der Waals surface area contributed by atoms with Crippen molar-refractivity contribution in [2.75, 3.05) is 13.1 Å². The minimum Gasteiger partial charge on any atom is -0.356 e. The maximum atomic E-state index is 11.4. The van der Waals surface area contributed by atoms with Crippen LogP contribution in [-0.4, -0.2) is 29.2 Å². The van der Waals surface area contributed by atoms with Gasteiger partial charge in [-0.25, -0.2) is 0 Å². The van der Waals surface area contributed by atoms with E-state index in [4.69, 9.17) is 0 Å². The first-order valence-corrected chi connectivity index (χ1v) is 6.41. The van der Waals surface area contributed by atoms with Crippen LogP contribution in [0.25, 0.3) is 0 Å². The smallest absolute Gasteiger partial charge is 0.236 e. The normalized spacial score (nSPS) is 11.0. The van der Waals surface area contributed by atoms with Crippen LogP contribution in [0.2, 0.25) is 0 Å². The highest BCUT2D eigenvalue weighted by Gasteiger charge is 2.22. The summed E-state index contributed by atoms with van der Waals surface area (Å²) in [6.07, 6.45) is 2.08. The lowest BCUT2D eigenvalue weighted by Crippen LogP contribution is -2.38. The second-order valence-corrected chi connectivity index (χ2v) is 6.16. The average Bonchev–Trinajstić information content (AvgIpc) is 2.19. The summed E-state index contributed by atoms with van der Waals surface area (Å²) in [5, 5.41) is 5.56. The Bertz CT molecular complexity index is 237. The third kappa shape index (κ3) is 7.68. The predicted octanol–water partition coefficient (Wildman–Crippen LogP) is 1.58. The summed E-state index contributed by atoms with van der Waals surface area (Å²) in [5.41, 5.74) is 0. The van der Waals surface area contributed by atoms with Crippen LogP contribution in [0.1, 0.15) is 40.0 Å². The van der Waals surface area contributed by atoms with Crippen molar-refractivity contribution in [1.82, 2.24) is 10.6 Å². The lowest BCUT2D eigenvalue weighted by Gasteiger charge is -2.15. The number of nitrogens with one attached hydrogen (secondary N) is 2. The molecule has 0 saturated heterocycles. The van der Waals surface area contributed by atoms with Crippen molar-refractivity contribution in [3.63, 3.8) is 0 Å². The summed E-state index contributed by atoms with van der Waals surface area (Å²) < 4.78 is -0.544. The standard InChI is InChI=1S/C11H21BrN2O2/c1-4-7-13-9(15)6-5-8-14-10(16)11(2,3)12/h4-8H2,1-3H3,(H,13,15)(H,14,16). The van der Waals surface area contributed by atoms with E-state index in [1.54, 1.807) is 13.8 Å². The van der Waals surface area contributed by atoms with Gasteiger partial charge in [0.15, 0.2) is 0 Å². The van der Waals surface area contributed by atoms with E-state index in [0.717, 1.165) is 13.0 Å². The highest BCUT2D eigenvalue weighted by Crippen LogP contribution is 2.14. The van der Waals surface area contributed by atoms with Crippen LogP contribution in [-0.2, 0) is 9.59 Å². The summed E-state index contributed by atoms with van der Waals surface area (Å²) >= 11 is 3.27. The van der Waals surface area contributed by atoms with E-state index < -0.39 is 4.32 Å². The van der Waals surface area contributed by atoms with Gasteiger partial charge in [0.2, 0.25) is 11.8 Å². The van der Waals surface area contributed by atoms with Gasteiger partial charge in [-0.05, 0) is 26.7 Å². The van der Waals surface area contributed by atoms with Crippen molar-refractivity contribution in [1.29, 1.82) is 0 Å². The molecular formula is C11H21BrN2O2. The van der Waals surface area contributed by atoms with Gasteiger partial charge in [0.05, 0.1) is 4.32 Å². The molecular weight excluding hydrogens is 272 g/mol. The Labute approximate surface area is 106 Å². The number of hydrogen-bond donors (Lipinski definition) is 2. The Morgan fingerprint density at radius 2 is 1.81 bits per heavy atom. The van der Waals surface area contributed by atoms with Crippen LogP contribution < -0.4 is 10.6 Å². The summed E-state index contributed by atoms with van der Waals surface area (Å²) in [7, 11) is 0.